The van der Waals surface area contributed by atoms with E-state index in [1.165, 1.54) is 11.3 Å². The van der Waals surface area contributed by atoms with Gasteiger partial charge in [-0.1, -0.05) is 55.8 Å². The van der Waals surface area contributed by atoms with Gasteiger partial charge in [-0.15, -0.1) is 10.2 Å². The summed E-state index contributed by atoms with van der Waals surface area (Å²) in [6.07, 6.45) is 0.166. The molecule has 1 fully saturated rings. The molecule has 0 saturated heterocycles. The van der Waals surface area contributed by atoms with E-state index in [-0.39, 0.29) is 17.7 Å². The van der Waals surface area contributed by atoms with E-state index in [2.05, 4.69) is 27.0 Å². The first-order chi connectivity index (χ1) is 17.0. The molecule has 2 heterocycles. The summed E-state index contributed by atoms with van der Waals surface area (Å²) in [5.41, 5.74) is 0.912. The molecule has 3 aromatic rings. The van der Waals surface area contributed by atoms with Crippen LogP contribution < -0.4 is 4.90 Å². The molecule has 4 atom stereocenters. The Bertz CT molecular complexity index is 1210. The molecule has 1 aliphatic rings. The number of benzene rings is 1. The van der Waals surface area contributed by atoms with Gasteiger partial charge in [0.05, 0.1) is 0 Å². The van der Waals surface area contributed by atoms with E-state index in [0.717, 1.165) is 23.8 Å². The Morgan fingerprint density at radius 1 is 1.22 bits per heavy atom. The Labute approximate surface area is 217 Å². The van der Waals surface area contributed by atoms with E-state index in [0.29, 0.717) is 16.6 Å². The largest absolute Gasteiger partial charge is 0.465 e. The van der Waals surface area contributed by atoms with Gasteiger partial charge in [0.15, 0.2) is 0 Å². The fourth-order valence-corrected chi connectivity index (χ4v) is 4.89. The lowest BCUT2D eigenvalue weighted by atomic mass is 9.89. The molecule has 1 amide bonds. The SMILES string of the molecule is CC1CC1CN(C)c1cc(-c2nnc([C@@H](C(C)c3ccccc3)N(C(=O)O)C(C)(C)C)o2)cc(Cl)n1. The van der Waals surface area contributed by atoms with Crippen molar-refractivity contribution in [2.24, 2.45) is 11.8 Å². The highest BCUT2D eigenvalue weighted by molar-refractivity contribution is 6.29. The zero-order chi connectivity index (χ0) is 26.2. The minimum atomic E-state index is -1.06. The second-order valence-electron chi connectivity index (χ2n) is 10.8. The number of anilines is 1. The molecule has 0 spiro atoms. The van der Waals surface area contributed by atoms with Gasteiger partial charge in [0, 0.05) is 30.6 Å². The molecule has 3 unspecified atom stereocenters. The number of nitrogens with zero attached hydrogens (tertiary/aromatic N) is 5. The second-order valence-corrected chi connectivity index (χ2v) is 11.2. The Morgan fingerprint density at radius 3 is 2.47 bits per heavy atom. The maximum Gasteiger partial charge on any atom is 0.408 e. The second kappa shape index (κ2) is 10.1. The molecule has 4 rings (SSSR count). The van der Waals surface area contributed by atoms with Gasteiger partial charge >= 0.3 is 6.09 Å². The Kier molecular flexibility index (Phi) is 7.27. The van der Waals surface area contributed by atoms with E-state index in [1.807, 2.05) is 71.1 Å². The van der Waals surface area contributed by atoms with Gasteiger partial charge < -0.3 is 14.4 Å². The molecular weight excluding hydrogens is 478 g/mol. The summed E-state index contributed by atoms with van der Waals surface area (Å²) in [5, 5.41) is 19.1. The summed E-state index contributed by atoms with van der Waals surface area (Å²) < 4.78 is 6.17. The van der Waals surface area contributed by atoms with Crippen LogP contribution in [-0.4, -0.2) is 50.4 Å². The van der Waals surface area contributed by atoms with Crippen molar-refractivity contribution < 1.29 is 14.3 Å². The highest BCUT2D eigenvalue weighted by atomic mass is 35.5. The fourth-order valence-electron chi connectivity index (χ4n) is 4.68. The van der Waals surface area contributed by atoms with Gasteiger partial charge in [0.25, 0.3) is 0 Å². The third-order valence-electron chi connectivity index (χ3n) is 6.90. The predicted octanol–water partition coefficient (Wildman–Crippen LogP) is 6.50. The van der Waals surface area contributed by atoms with Crippen molar-refractivity contribution in [3.05, 3.63) is 59.1 Å². The quantitative estimate of drug-likeness (QED) is 0.345. The molecule has 36 heavy (non-hydrogen) atoms. The molecule has 1 aromatic carbocycles. The van der Waals surface area contributed by atoms with Crippen LogP contribution in [0.4, 0.5) is 10.6 Å². The van der Waals surface area contributed by atoms with Gasteiger partial charge in [0.1, 0.15) is 17.0 Å². The minimum Gasteiger partial charge on any atom is -0.465 e. The lowest BCUT2D eigenvalue weighted by molar-refractivity contribution is 0.0518. The molecule has 0 bridgehead atoms. The van der Waals surface area contributed by atoms with Gasteiger partial charge in [-0.05, 0) is 56.7 Å². The number of rotatable bonds is 8. The third kappa shape index (κ3) is 5.64. The smallest absolute Gasteiger partial charge is 0.408 e. The molecule has 9 heteroatoms. The fraction of sp³-hybridized carbons (Fsp3) is 0.481. The van der Waals surface area contributed by atoms with Crippen LogP contribution >= 0.6 is 11.6 Å². The van der Waals surface area contributed by atoms with E-state index >= 15 is 0 Å². The van der Waals surface area contributed by atoms with Crippen molar-refractivity contribution in [2.45, 2.75) is 58.5 Å². The molecule has 1 saturated carbocycles. The maximum absolute atomic E-state index is 12.5. The van der Waals surface area contributed by atoms with Gasteiger partial charge in [-0.25, -0.2) is 9.78 Å². The highest BCUT2D eigenvalue weighted by Gasteiger charge is 2.41. The van der Waals surface area contributed by atoms with Crippen molar-refractivity contribution in [2.75, 3.05) is 18.5 Å². The maximum atomic E-state index is 12.5. The van der Waals surface area contributed by atoms with Crippen LogP contribution in [0.25, 0.3) is 11.5 Å². The number of amides is 1. The topological polar surface area (TPSA) is 95.6 Å². The van der Waals surface area contributed by atoms with Crippen LogP contribution in [0.15, 0.2) is 46.9 Å². The molecule has 192 valence electrons. The zero-order valence-electron chi connectivity index (χ0n) is 21.6. The standard InChI is InChI=1S/C27H34ClN5O3/c1-16-12-20(16)15-32(6)22-14-19(13-21(28)29-22)24-30-31-25(36-24)23(33(26(34)35)27(3,4)5)17(2)18-10-8-7-9-11-18/h7-11,13-14,16-17,20,23H,12,15H2,1-6H3,(H,34,35)/t16?,17?,20?,23-/m1/s1. The molecular formula is C27H34ClN5O3. The summed E-state index contributed by atoms with van der Waals surface area (Å²) in [5.74, 6) is 2.38. The summed E-state index contributed by atoms with van der Waals surface area (Å²) in [6, 6.07) is 12.6. The number of carbonyl (C=O) groups is 1. The molecule has 2 aromatic heterocycles. The van der Waals surface area contributed by atoms with Crippen LogP contribution in [0.3, 0.4) is 0 Å². The third-order valence-corrected chi connectivity index (χ3v) is 7.10. The molecule has 1 aliphatic carbocycles. The van der Waals surface area contributed by atoms with Crippen LogP contribution in [-0.2, 0) is 0 Å². The monoisotopic (exact) mass is 511 g/mol. The van der Waals surface area contributed by atoms with Crippen LogP contribution in [0.5, 0.6) is 0 Å². The summed E-state index contributed by atoms with van der Waals surface area (Å²) in [7, 11) is 2.00. The van der Waals surface area contributed by atoms with Gasteiger partial charge in [-0.3, -0.25) is 4.90 Å². The molecule has 0 aliphatic heterocycles. The number of hydrogen-bond donors (Lipinski definition) is 1. The van der Waals surface area contributed by atoms with E-state index in [1.54, 1.807) is 6.07 Å². The average molecular weight is 512 g/mol. The average Bonchev–Trinajstić information content (AvgIpc) is 3.29. The predicted molar refractivity (Wildman–Crippen MR) is 140 cm³/mol. The zero-order valence-corrected chi connectivity index (χ0v) is 22.4. The lowest BCUT2D eigenvalue weighted by Gasteiger charge is -2.40. The van der Waals surface area contributed by atoms with Crippen LogP contribution in [0.1, 0.15) is 64.5 Å². The normalized spacial score (nSPS) is 19.0. The van der Waals surface area contributed by atoms with Crippen LogP contribution in [0, 0.1) is 11.8 Å². The minimum absolute atomic E-state index is 0.230. The van der Waals surface area contributed by atoms with Crippen molar-refractivity contribution in [1.29, 1.82) is 0 Å². The van der Waals surface area contributed by atoms with Crippen molar-refractivity contribution in [3.63, 3.8) is 0 Å². The first-order valence-corrected chi connectivity index (χ1v) is 12.6. The Balaban J connectivity index is 1.71. The number of aromatic nitrogens is 3. The number of hydrogen-bond acceptors (Lipinski definition) is 6. The molecule has 1 N–H and O–H groups in total. The van der Waals surface area contributed by atoms with Crippen molar-refractivity contribution in [1.82, 2.24) is 20.1 Å². The summed E-state index contributed by atoms with van der Waals surface area (Å²) in [4.78, 5) is 20.4. The lowest BCUT2D eigenvalue weighted by Crippen LogP contribution is -2.48. The van der Waals surface area contributed by atoms with Crippen molar-refractivity contribution >= 4 is 23.5 Å². The number of carboxylic acid groups (broad SMARTS) is 1. The number of halogens is 1. The molecule has 0 radical (unpaired) electrons. The molecule has 8 nitrogen and oxygen atoms in total. The number of pyridine rings is 1. The van der Waals surface area contributed by atoms with Crippen LogP contribution in [0.2, 0.25) is 5.15 Å². The first-order valence-electron chi connectivity index (χ1n) is 12.3. The Hall–Kier alpha value is -3.13. The highest BCUT2D eigenvalue weighted by Crippen LogP contribution is 2.41. The van der Waals surface area contributed by atoms with E-state index in [9.17, 15) is 9.90 Å². The van der Waals surface area contributed by atoms with Crippen molar-refractivity contribution in [3.8, 4) is 11.5 Å². The Morgan fingerprint density at radius 2 is 1.89 bits per heavy atom. The van der Waals surface area contributed by atoms with E-state index < -0.39 is 17.7 Å². The van der Waals surface area contributed by atoms with E-state index in [4.69, 9.17) is 16.0 Å². The van der Waals surface area contributed by atoms with Gasteiger partial charge in [-0.2, -0.15) is 0 Å². The van der Waals surface area contributed by atoms with Gasteiger partial charge in [0.2, 0.25) is 11.8 Å². The summed E-state index contributed by atoms with van der Waals surface area (Å²) in [6.45, 7) is 10.7. The first kappa shape index (κ1) is 25.9. The summed E-state index contributed by atoms with van der Waals surface area (Å²) >= 11 is 6.36.